The Bertz CT molecular complexity index is 80.5. The molecule has 0 aliphatic rings. The molecule has 0 atom stereocenters. The quantitative estimate of drug-likeness (QED) is 0.459. The molecule has 5 heteroatoms. The number of hydrogen-bond donors (Lipinski definition) is 1. The molecule has 0 rings (SSSR count). The van der Waals surface area contributed by atoms with E-state index in [-0.39, 0.29) is 19.5 Å². The minimum atomic E-state index is 0. The van der Waals surface area contributed by atoms with Gasteiger partial charge in [0.25, 0.3) is 0 Å². The van der Waals surface area contributed by atoms with E-state index in [9.17, 15) is 4.79 Å². The summed E-state index contributed by atoms with van der Waals surface area (Å²) in [5.41, 5.74) is 0. The van der Waals surface area contributed by atoms with Crippen LogP contribution in [0.5, 0.6) is 0 Å². The molecule has 0 saturated heterocycles. The third kappa shape index (κ3) is 32.1. The normalized spacial score (nSPS) is 7.92. The van der Waals surface area contributed by atoms with Gasteiger partial charge < -0.3 is 9.90 Å². The number of carbonyl (C=O) groups excluding carboxylic acids is 1. The second-order valence-electron chi connectivity index (χ2n) is 1.96. The molecule has 0 aromatic rings. The van der Waals surface area contributed by atoms with E-state index >= 15 is 0 Å². The van der Waals surface area contributed by atoms with Crippen LogP contribution in [-0.2, 0) is 24.3 Å². The van der Waals surface area contributed by atoms with Crippen LogP contribution in [0.25, 0.3) is 0 Å². The average molecular weight is 312 g/mol. The molecule has 1 radical (unpaired) electrons. The molecule has 1 N–H and O–H groups in total. The van der Waals surface area contributed by atoms with E-state index in [2.05, 4.69) is 0 Å². The number of hydrogen-bond acceptors (Lipinski definition) is 4. The van der Waals surface area contributed by atoms with Crippen LogP contribution in [-0.4, -0.2) is 42.0 Å². The Hall–Kier alpha value is 0.953. The summed E-state index contributed by atoms with van der Waals surface area (Å²) < 4.78 is 0. The smallest absolute Gasteiger partial charge is 0.0438 e. The molecular weight excluding hydrogens is 295 g/mol. The first-order valence-electron chi connectivity index (χ1n) is 3.77. The molecule has 0 bridgehead atoms. The molecule has 0 aromatic heterocycles. The number of aliphatic hydroxyl groups excluding tert-OH is 1. The van der Waals surface area contributed by atoms with Crippen LogP contribution in [0.2, 0.25) is 0 Å². The molecule has 0 unspecified atom stereocenters. The van der Waals surface area contributed by atoms with E-state index in [0.29, 0.717) is 13.0 Å². The van der Waals surface area contributed by atoms with Crippen molar-refractivity contribution in [3.8, 4) is 0 Å². The summed E-state index contributed by atoms with van der Waals surface area (Å²) >= 11 is 3.43. The van der Waals surface area contributed by atoms with E-state index in [4.69, 9.17) is 5.11 Å². The summed E-state index contributed by atoms with van der Waals surface area (Å²) in [5, 5.41) is 8.18. The largest absolute Gasteiger partial charge is 0.542 e. The monoisotopic (exact) mass is 312 g/mol. The van der Waals surface area contributed by atoms with Gasteiger partial charge in [0, 0.05) is 26.1 Å². The SMILES string of the molecule is CSCCCO.CSCC[C-]=O.[Rh]. The van der Waals surface area contributed by atoms with Gasteiger partial charge in [-0.3, -0.25) is 6.29 Å². The predicted octanol–water partition coefficient (Wildman–Crippen LogP) is 1.58. The third-order valence-corrected chi connectivity index (χ3v) is 2.22. The Labute approximate surface area is 102 Å². The van der Waals surface area contributed by atoms with E-state index in [1.54, 1.807) is 29.8 Å². The average Bonchev–Trinajstić information content (AvgIpc) is 2.12. The zero-order chi connectivity index (χ0) is 9.66. The molecular formula is C8H17O2RhS2-. The Morgan fingerprint density at radius 2 is 1.77 bits per heavy atom. The van der Waals surface area contributed by atoms with Gasteiger partial charge in [0.15, 0.2) is 0 Å². The molecule has 0 heterocycles. The zero-order valence-corrected chi connectivity index (χ0v) is 11.3. The van der Waals surface area contributed by atoms with Crippen molar-refractivity contribution in [3.05, 3.63) is 0 Å². The Morgan fingerprint density at radius 3 is 1.92 bits per heavy atom. The van der Waals surface area contributed by atoms with Gasteiger partial charge in [-0.1, -0.05) is 0 Å². The van der Waals surface area contributed by atoms with Gasteiger partial charge in [-0.2, -0.15) is 23.5 Å². The molecule has 0 spiro atoms. The van der Waals surface area contributed by atoms with Crippen molar-refractivity contribution < 1.29 is 29.4 Å². The topological polar surface area (TPSA) is 37.3 Å². The van der Waals surface area contributed by atoms with Crippen LogP contribution in [0.15, 0.2) is 0 Å². The number of thioether (sulfide) groups is 2. The van der Waals surface area contributed by atoms with Crippen molar-refractivity contribution in [1.82, 2.24) is 0 Å². The van der Waals surface area contributed by atoms with Gasteiger partial charge in [-0.25, -0.2) is 0 Å². The van der Waals surface area contributed by atoms with Gasteiger partial charge in [-0.15, -0.1) is 6.42 Å². The summed E-state index contributed by atoms with van der Waals surface area (Å²) in [7, 11) is 0. The van der Waals surface area contributed by atoms with Crippen molar-refractivity contribution >= 4 is 29.8 Å². The maximum atomic E-state index is 9.43. The Kier molecular flexibility index (Phi) is 34.7. The predicted molar refractivity (Wildman–Crippen MR) is 58.8 cm³/mol. The van der Waals surface area contributed by atoms with Crippen molar-refractivity contribution in [2.45, 2.75) is 12.8 Å². The summed E-state index contributed by atoms with van der Waals surface area (Å²) in [6.07, 6.45) is 7.31. The van der Waals surface area contributed by atoms with Crippen LogP contribution in [0.3, 0.4) is 0 Å². The van der Waals surface area contributed by atoms with Gasteiger partial charge in [0.1, 0.15) is 0 Å². The molecule has 0 fully saturated rings. The summed E-state index contributed by atoms with van der Waals surface area (Å²) in [6.45, 7) is 0.334. The number of aliphatic hydroxyl groups is 1. The first kappa shape index (κ1) is 19.5. The molecule has 0 aliphatic heterocycles. The molecule has 0 saturated carbocycles. The van der Waals surface area contributed by atoms with Gasteiger partial charge in [0.05, 0.1) is 0 Å². The van der Waals surface area contributed by atoms with E-state index in [1.807, 2.05) is 12.5 Å². The van der Waals surface area contributed by atoms with Crippen molar-refractivity contribution in [2.75, 3.05) is 30.6 Å². The second-order valence-corrected chi connectivity index (χ2v) is 3.93. The van der Waals surface area contributed by atoms with E-state index in [0.717, 1.165) is 17.9 Å². The van der Waals surface area contributed by atoms with Crippen LogP contribution >= 0.6 is 23.5 Å². The van der Waals surface area contributed by atoms with Gasteiger partial charge in [-0.05, 0) is 30.4 Å². The molecule has 0 aromatic carbocycles. The summed E-state index contributed by atoms with van der Waals surface area (Å²) in [6, 6.07) is 0. The number of rotatable bonds is 6. The van der Waals surface area contributed by atoms with Crippen molar-refractivity contribution in [1.29, 1.82) is 0 Å². The standard InChI is InChI=1S/C4H10OS.C4H7OS.Rh/c2*1-6-4-2-3-5;/h5H,2-4H2,1H3;2,4H2,1H3;/q;-1;. The molecule has 13 heavy (non-hydrogen) atoms. The first-order valence-corrected chi connectivity index (χ1v) is 6.56. The molecule has 2 nitrogen and oxygen atoms in total. The fourth-order valence-corrected chi connectivity index (χ4v) is 1.06. The molecule has 0 aliphatic carbocycles. The minimum absolute atomic E-state index is 0. The Morgan fingerprint density at radius 1 is 1.23 bits per heavy atom. The van der Waals surface area contributed by atoms with Gasteiger partial charge >= 0.3 is 0 Å². The van der Waals surface area contributed by atoms with Crippen LogP contribution in [0.4, 0.5) is 0 Å². The van der Waals surface area contributed by atoms with Gasteiger partial charge in [0.2, 0.25) is 0 Å². The summed E-state index contributed by atoms with van der Waals surface area (Å²) in [4.78, 5) is 9.43. The van der Waals surface area contributed by atoms with Crippen molar-refractivity contribution in [3.63, 3.8) is 0 Å². The fraction of sp³-hybridized carbons (Fsp3) is 0.875. The van der Waals surface area contributed by atoms with Crippen molar-refractivity contribution in [2.24, 2.45) is 0 Å². The third-order valence-electron chi connectivity index (χ3n) is 0.915. The van der Waals surface area contributed by atoms with Crippen LogP contribution in [0.1, 0.15) is 12.8 Å². The van der Waals surface area contributed by atoms with E-state index in [1.165, 1.54) is 0 Å². The zero-order valence-electron chi connectivity index (χ0n) is 8.04. The van der Waals surface area contributed by atoms with Crippen LogP contribution in [0, 0.1) is 0 Å². The fourth-order valence-electron chi connectivity index (χ4n) is 0.353. The first-order chi connectivity index (χ1) is 5.83. The maximum Gasteiger partial charge on any atom is 0.0438 e. The van der Waals surface area contributed by atoms with E-state index < -0.39 is 0 Å². The summed E-state index contributed by atoms with van der Waals surface area (Å²) in [5.74, 6) is 1.99. The second kappa shape index (κ2) is 23.1. The molecule has 0 amide bonds. The molecule has 83 valence electrons. The Balaban J connectivity index is -0.000000143. The maximum absolute atomic E-state index is 9.43. The minimum Gasteiger partial charge on any atom is -0.542 e. The van der Waals surface area contributed by atoms with Crippen LogP contribution < -0.4 is 0 Å².